The van der Waals surface area contributed by atoms with Crippen molar-refractivity contribution in [2.75, 3.05) is 18.1 Å². The van der Waals surface area contributed by atoms with Crippen LogP contribution in [0.15, 0.2) is 16.6 Å². The van der Waals surface area contributed by atoms with Crippen molar-refractivity contribution in [2.24, 2.45) is 0 Å². The maximum absolute atomic E-state index is 4.72. The average molecular weight is 312 g/mol. The number of benzene rings is 1. The number of hydrogen-bond acceptors (Lipinski definition) is 3. The Morgan fingerprint density at radius 2 is 2.35 bits per heavy atom. The van der Waals surface area contributed by atoms with Crippen molar-refractivity contribution in [3.8, 4) is 0 Å². The zero-order chi connectivity index (χ0) is 11.8. The Hall–Kier alpha value is -0.520. The molecule has 2 N–H and O–H groups in total. The Morgan fingerprint density at radius 1 is 1.47 bits per heavy atom. The van der Waals surface area contributed by atoms with E-state index in [0.29, 0.717) is 6.04 Å². The summed E-state index contributed by atoms with van der Waals surface area (Å²) in [5.74, 6) is 3.36. The van der Waals surface area contributed by atoms with E-state index >= 15 is 0 Å². The monoisotopic (exact) mass is 311 g/mol. The van der Waals surface area contributed by atoms with E-state index < -0.39 is 0 Å². The van der Waals surface area contributed by atoms with Crippen LogP contribution < -0.4 is 5.32 Å². The van der Waals surface area contributed by atoms with Crippen molar-refractivity contribution in [2.45, 2.75) is 13.0 Å². The molecule has 1 fully saturated rings. The average Bonchev–Trinajstić information content (AvgIpc) is 2.74. The van der Waals surface area contributed by atoms with Gasteiger partial charge in [0.1, 0.15) is 5.82 Å². The lowest BCUT2D eigenvalue weighted by molar-refractivity contribution is 0.571. The van der Waals surface area contributed by atoms with Crippen LogP contribution in [0.1, 0.15) is 17.4 Å². The molecule has 0 radical (unpaired) electrons. The van der Waals surface area contributed by atoms with Gasteiger partial charge >= 0.3 is 0 Å². The van der Waals surface area contributed by atoms with Crippen LogP contribution in [0.25, 0.3) is 11.0 Å². The number of fused-ring (bicyclic) bond motifs is 1. The molecule has 2 aromatic rings. The summed E-state index contributed by atoms with van der Waals surface area (Å²) in [6.45, 7) is 3.16. The molecule has 1 aliphatic heterocycles. The fraction of sp³-hybridized carbons (Fsp3) is 0.417. The van der Waals surface area contributed by atoms with Crippen LogP contribution in [-0.2, 0) is 0 Å². The van der Waals surface area contributed by atoms with Crippen LogP contribution in [0.3, 0.4) is 0 Å². The number of nitrogens with zero attached hydrogens (tertiary/aromatic N) is 1. The number of rotatable bonds is 1. The second-order valence-electron chi connectivity index (χ2n) is 4.32. The van der Waals surface area contributed by atoms with E-state index in [0.717, 1.165) is 33.6 Å². The fourth-order valence-corrected chi connectivity index (χ4v) is 3.68. The van der Waals surface area contributed by atoms with E-state index in [1.807, 2.05) is 11.8 Å². The quantitative estimate of drug-likeness (QED) is 0.850. The molecule has 0 spiro atoms. The highest BCUT2D eigenvalue weighted by molar-refractivity contribution is 9.10. The molecule has 1 unspecified atom stereocenters. The molecule has 0 saturated carbocycles. The second kappa shape index (κ2) is 4.63. The van der Waals surface area contributed by atoms with E-state index in [1.165, 1.54) is 11.3 Å². The molecule has 2 heterocycles. The first-order chi connectivity index (χ1) is 8.24. The van der Waals surface area contributed by atoms with Gasteiger partial charge in [-0.25, -0.2) is 4.98 Å². The first-order valence-electron chi connectivity index (χ1n) is 5.71. The number of nitrogens with one attached hydrogen (secondary N) is 2. The van der Waals surface area contributed by atoms with Gasteiger partial charge in [0, 0.05) is 22.5 Å². The minimum atomic E-state index is 0.360. The number of aromatic nitrogens is 2. The van der Waals surface area contributed by atoms with Crippen molar-refractivity contribution in [1.82, 2.24) is 15.3 Å². The maximum atomic E-state index is 4.72. The lowest BCUT2D eigenvalue weighted by Gasteiger charge is -2.20. The molecule has 1 aliphatic rings. The van der Waals surface area contributed by atoms with Gasteiger partial charge in [-0.15, -0.1) is 0 Å². The Morgan fingerprint density at radius 3 is 3.12 bits per heavy atom. The highest BCUT2D eigenvalue weighted by atomic mass is 79.9. The van der Waals surface area contributed by atoms with Crippen LogP contribution in [0.2, 0.25) is 0 Å². The maximum Gasteiger partial charge on any atom is 0.125 e. The number of halogens is 1. The van der Waals surface area contributed by atoms with Crippen LogP contribution in [-0.4, -0.2) is 28.0 Å². The zero-order valence-corrected chi connectivity index (χ0v) is 12.0. The van der Waals surface area contributed by atoms with Gasteiger partial charge in [-0.3, -0.25) is 0 Å². The van der Waals surface area contributed by atoms with Crippen LogP contribution in [0.4, 0.5) is 0 Å². The van der Waals surface area contributed by atoms with Gasteiger partial charge in [-0.1, -0.05) is 15.9 Å². The lowest BCUT2D eigenvalue weighted by Crippen LogP contribution is -2.30. The summed E-state index contributed by atoms with van der Waals surface area (Å²) >= 11 is 5.50. The normalized spacial score (nSPS) is 20.9. The molecule has 0 aliphatic carbocycles. The third-order valence-corrected chi connectivity index (χ3v) is 4.53. The van der Waals surface area contributed by atoms with Gasteiger partial charge in [0.2, 0.25) is 0 Å². The predicted molar refractivity (Wildman–Crippen MR) is 76.6 cm³/mol. The fourth-order valence-electron chi connectivity index (χ4n) is 2.17. The van der Waals surface area contributed by atoms with E-state index in [4.69, 9.17) is 4.98 Å². The Bertz CT molecular complexity index is 546. The van der Waals surface area contributed by atoms with Gasteiger partial charge in [0.25, 0.3) is 0 Å². The van der Waals surface area contributed by atoms with E-state index in [1.54, 1.807) is 0 Å². The molecule has 90 valence electrons. The lowest BCUT2D eigenvalue weighted by atomic mass is 10.2. The molecule has 5 heteroatoms. The van der Waals surface area contributed by atoms with Crippen molar-refractivity contribution in [3.63, 3.8) is 0 Å². The van der Waals surface area contributed by atoms with Crippen LogP contribution in [0.5, 0.6) is 0 Å². The number of thioether (sulfide) groups is 1. The number of aromatic amines is 1. The SMILES string of the molecule is Cc1cc(Br)cc2[nH]c(C3CSCCN3)nc12. The summed E-state index contributed by atoms with van der Waals surface area (Å²) in [6.07, 6.45) is 0. The Balaban J connectivity index is 2.03. The van der Waals surface area contributed by atoms with Crippen LogP contribution >= 0.6 is 27.7 Å². The van der Waals surface area contributed by atoms with E-state index in [-0.39, 0.29) is 0 Å². The minimum absolute atomic E-state index is 0.360. The summed E-state index contributed by atoms with van der Waals surface area (Å²) in [5, 5.41) is 3.50. The van der Waals surface area contributed by atoms with E-state index in [9.17, 15) is 0 Å². The molecule has 17 heavy (non-hydrogen) atoms. The standard InChI is InChI=1S/C12H14BrN3S/c1-7-4-8(13)5-9-11(7)16-12(15-9)10-6-17-3-2-14-10/h4-5,10,14H,2-3,6H2,1H3,(H,15,16). The van der Waals surface area contributed by atoms with Gasteiger partial charge < -0.3 is 10.3 Å². The smallest absolute Gasteiger partial charge is 0.125 e. The van der Waals surface area contributed by atoms with E-state index in [2.05, 4.69) is 45.3 Å². The molecule has 1 aromatic carbocycles. The highest BCUT2D eigenvalue weighted by Gasteiger charge is 2.19. The topological polar surface area (TPSA) is 40.7 Å². The third kappa shape index (κ3) is 2.23. The molecule has 1 atom stereocenters. The highest BCUT2D eigenvalue weighted by Crippen LogP contribution is 2.26. The van der Waals surface area contributed by atoms with Gasteiger partial charge in [-0.2, -0.15) is 11.8 Å². The molecule has 0 amide bonds. The first-order valence-corrected chi connectivity index (χ1v) is 7.66. The summed E-state index contributed by atoms with van der Waals surface area (Å²) in [7, 11) is 0. The van der Waals surface area contributed by atoms with Gasteiger partial charge in [-0.05, 0) is 24.6 Å². The largest absolute Gasteiger partial charge is 0.341 e. The number of imidazole rings is 1. The number of hydrogen-bond donors (Lipinski definition) is 2. The van der Waals surface area contributed by atoms with Crippen molar-refractivity contribution in [3.05, 3.63) is 28.0 Å². The molecule has 3 nitrogen and oxygen atoms in total. The molecule has 3 rings (SSSR count). The van der Waals surface area contributed by atoms with Gasteiger partial charge in [0.15, 0.2) is 0 Å². The van der Waals surface area contributed by atoms with Crippen LogP contribution in [0, 0.1) is 6.92 Å². The third-order valence-electron chi connectivity index (χ3n) is 3.01. The molecule has 1 aromatic heterocycles. The zero-order valence-electron chi connectivity index (χ0n) is 9.59. The number of aryl methyl sites for hydroxylation is 1. The van der Waals surface area contributed by atoms with Gasteiger partial charge in [0.05, 0.1) is 17.1 Å². The summed E-state index contributed by atoms with van der Waals surface area (Å²) < 4.78 is 1.10. The second-order valence-corrected chi connectivity index (χ2v) is 6.39. The van der Waals surface area contributed by atoms with Crippen molar-refractivity contribution >= 4 is 38.7 Å². The molecular formula is C12H14BrN3S. The molecular weight excluding hydrogens is 298 g/mol. The summed E-state index contributed by atoms with van der Waals surface area (Å²) in [5.41, 5.74) is 3.41. The predicted octanol–water partition coefficient (Wildman–Crippen LogP) is 3.01. The van der Waals surface area contributed by atoms with Crippen molar-refractivity contribution < 1.29 is 0 Å². The molecule has 0 bridgehead atoms. The Kier molecular flexibility index (Phi) is 3.15. The molecule has 1 saturated heterocycles. The Labute approximate surface area is 113 Å². The van der Waals surface area contributed by atoms with Crippen molar-refractivity contribution in [1.29, 1.82) is 0 Å². The first kappa shape index (κ1) is 11.6. The minimum Gasteiger partial charge on any atom is -0.341 e. The summed E-state index contributed by atoms with van der Waals surface area (Å²) in [4.78, 5) is 8.15. The summed E-state index contributed by atoms with van der Waals surface area (Å²) in [6, 6.07) is 4.56. The number of H-pyrrole nitrogens is 1.